The lowest BCUT2D eigenvalue weighted by Gasteiger charge is -2.17. The van der Waals surface area contributed by atoms with E-state index in [0.717, 1.165) is 12.0 Å². The van der Waals surface area contributed by atoms with Gasteiger partial charge in [0.05, 0.1) is 0 Å². The maximum absolute atomic E-state index is 3.81. The fourth-order valence-corrected chi connectivity index (χ4v) is 5.26. The van der Waals surface area contributed by atoms with E-state index in [-0.39, 0.29) is 0 Å². The van der Waals surface area contributed by atoms with Gasteiger partial charge in [0.1, 0.15) is 0 Å². The Morgan fingerprint density at radius 1 is 1.29 bits per heavy atom. The van der Waals surface area contributed by atoms with Crippen LogP contribution in [0.5, 0.6) is 0 Å². The predicted molar refractivity (Wildman–Crippen MR) is 90.1 cm³/mol. The van der Waals surface area contributed by atoms with Crippen LogP contribution in [-0.4, -0.2) is 30.6 Å². The van der Waals surface area contributed by atoms with Crippen LogP contribution >= 0.6 is 11.3 Å². The highest BCUT2D eigenvalue weighted by Gasteiger charge is 2.34. The summed E-state index contributed by atoms with van der Waals surface area (Å²) in [7, 11) is 0. The molecule has 3 heteroatoms. The molecule has 1 aromatic rings. The van der Waals surface area contributed by atoms with Gasteiger partial charge in [-0.2, -0.15) is 0 Å². The van der Waals surface area contributed by atoms with E-state index >= 15 is 0 Å². The van der Waals surface area contributed by atoms with Crippen molar-refractivity contribution < 1.29 is 0 Å². The SMILES string of the molecule is CC(NCC1CCN(C2CC2)C1)c1cc2c(s1)CCCC2. The van der Waals surface area contributed by atoms with Crippen LogP contribution in [0.25, 0.3) is 0 Å². The molecule has 116 valence electrons. The van der Waals surface area contributed by atoms with Crippen molar-refractivity contribution in [1.82, 2.24) is 10.2 Å². The Hall–Kier alpha value is -0.380. The highest BCUT2D eigenvalue weighted by Crippen LogP contribution is 2.34. The van der Waals surface area contributed by atoms with Crippen LogP contribution in [0.15, 0.2) is 6.07 Å². The van der Waals surface area contributed by atoms with Gasteiger partial charge in [0.2, 0.25) is 0 Å². The summed E-state index contributed by atoms with van der Waals surface area (Å²) in [6.45, 7) is 6.24. The molecular weight excluding hydrogens is 276 g/mol. The van der Waals surface area contributed by atoms with Gasteiger partial charge in [-0.1, -0.05) is 0 Å². The molecule has 2 aliphatic carbocycles. The summed E-state index contributed by atoms with van der Waals surface area (Å²) in [4.78, 5) is 5.96. The second-order valence-electron chi connectivity index (χ2n) is 7.32. The third kappa shape index (κ3) is 3.20. The first-order valence-corrected chi connectivity index (χ1v) is 9.70. The third-order valence-corrected chi connectivity index (χ3v) is 6.96. The van der Waals surface area contributed by atoms with E-state index in [0.29, 0.717) is 6.04 Å². The number of likely N-dealkylation sites (tertiary alicyclic amines) is 1. The summed E-state index contributed by atoms with van der Waals surface area (Å²) in [5.74, 6) is 0.877. The molecule has 1 aromatic heterocycles. The number of thiophene rings is 1. The number of nitrogens with one attached hydrogen (secondary N) is 1. The number of nitrogens with zero attached hydrogens (tertiary/aromatic N) is 1. The summed E-state index contributed by atoms with van der Waals surface area (Å²) in [5.41, 5.74) is 1.65. The molecule has 21 heavy (non-hydrogen) atoms. The van der Waals surface area contributed by atoms with E-state index in [1.165, 1.54) is 64.6 Å². The van der Waals surface area contributed by atoms with E-state index in [1.54, 1.807) is 15.3 Å². The zero-order valence-corrected chi connectivity index (χ0v) is 14.1. The standard InChI is InChI=1S/C18H28N2S/c1-13(18-10-15-4-2-3-5-17(15)21-18)19-11-14-8-9-20(12-14)16-6-7-16/h10,13-14,16,19H,2-9,11-12H2,1H3. The van der Waals surface area contributed by atoms with Gasteiger partial charge in [0.25, 0.3) is 0 Å². The fourth-order valence-electron chi connectivity index (χ4n) is 3.97. The minimum Gasteiger partial charge on any atom is -0.309 e. The predicted octanol–water partition coefficient (Wildman–Crippen LogP) is 3.76. The quantitative estimate of drug-likeness (QED) is 0.891. The zero-order chi connectivity index (χ0) is 14.2. The molecule has 1 N–H and O–H groups in total. The molecule has 1 aliphatic heterocycles. The second-order valence-corrected chi connectivity index (χ2v) is 8.48. The molecule has 4 rings (SSSR count). The Morgan fingerprint density at radius 3 is 2.95 bits per heavy atom. The number of hydrogen-bond donors (Lipinski definition) is 1. The van der Waals surface area contributed by atoms with E-state index in [9.17, 15) is 0 Å². The third-order valence-electron chi connectivity index (χ3n) is 5.54. The Labute approximate surface area is 132 Å². The van der Waals surface area contributed by atoms with Crippen molar-refractivity contribution in [3.8, 4) is 0 Å². The molecule has 0 radical (unpaired) electrons. The normalized spacial score (nSPS) is 27.8. The van der Waals surface area contributed by atoms with Gasteiger partial charge in [0.15, 0.2) is 0 Å². The smallest absolute Gasteiger partial charge is 0.0386 e. The zero-order valence-electron chi connectivity index (χ0n) is 13.2. The molecule has 2 unspecified atom stereocenters. The van der Waals surface area contributed by atoms with Crippen LogP contribution in [0.2, 0.25) is 0 Å². The van der Waals surface area contributed by atoms with E-state index < -0.39 is 0 Å². The first-order chi connectivity index (χ1) is 10.3. The molecule has 2 atom stereocenters. The molecule has 2 fully saturated rings. The van der Waals surface area contributed by atoms with Crippen LogP contribution in [0, 0.1) is 5.92 Å². The minimum atomic E-state index is 0.538. The average molecular weight is 305 g/mol. The molecule has 0 bridgehead atoms. The molecule has 1 saturated carbocycles. The number of fused-ring (bicyclic) bond motifs is 1. The summed E-state index contributed by atoms with van der Waals surface area (Å²) in [6.07, 6.45) is 9.74. The van der Waals surface area contributed by atoms with Crippen molar-refractivity contribution in [3.63, 3.8) is 0 Å². The number of aryl methyl sites for hydroxylation is 2. The molecule has 2 heterocycles. The molecule has 2 nitrogen and oxygen atoms in total. The molecule has 1 saturated heterocycles. The van der Waals surface area contributed by atoms with Crippen molar-refractivity contribution in [2.24, 2.45) is 5.92 Å². The van der Waals surface area contributed by atoms with Gasteiger partial charge in [0, 0.05) is 28.4 Å². The van der Waals surface area contributed by atoms with Crippen molar-refractivity contribution in [1.29, 1.82) is 0 Å². The number of hydrogen-bond acceptors (Lipinski definition) is 3. The van der Waals surface area contributed by atoms with Gasteiger partial charge in [-0.15, -0.1) is 11.3 Å². The van der Waals surface area contributed by atoms with Crippen LogP contribution in [0.3, 0.4) is 0 Å². The van der Waals surface area contributed by atoms with Gasteiger partial charge < -0.3 is 10.2 Å². The van der Waals surface area contributed by atoms with E-state index in [2.05, 4.69) is 34.5 Å². The topological polar surface area (TPSA) is 15.3 Å². The minimum absolute atomic E-state index is 0.538. The highest BCUT2D eigenvalue weighted by atomic mass is 32.1. The second kappa shape index (κ2) is 6.02. The summed E-state index contributed by atoms with van der Waals surface area (Å²) < 4.78 is 0. The van der Waals surface area contributed by atoms with Gasteiger partial charge in [-0.05, 0) is 82.5 Å². The van der Waals surface area contributed by atoms with Crippen LogP contribution in [-0.2, 0) is 12.8 Å². The maximum atomic E-state index is 3.81. The van der Waals surface area contributed by atoms with Crippen molar-refractivity contribution >= 4 is 11.3 Å². The Morgan fingerprint density at radius 2 is 2.14 bits per heavy atom. The Balaban J connectivity index is 1.29. The van der Waals surface area contributed by atoms with E-state index in [1.807, 2.05) is 0 Å². The lowest BCUT2D eigenvalue weighted by molar-refractivity contribution is 0.310. The lowest BCUT2D eigenvalue weighted by atomic mass is 9.99. The van der Waals surface area contributed by atoms with Crippen LogP contribution in [0.1, 0.15) is 60.4 Å². The fraction of sp³-hybridized carbons (Fsp3) is 0.778. The molecule has 0 spiro atoms. The van der Waals surface area contributed by atoms with Gasteiger partial charge in [-0.25, -0.2) is 0 Å². The largest absolute Gasteiger partial charge is 0.309 e. The Kier molecular flexibility index (Phi) is 4.08. The van der Waals surface area contributed by atoms with Gasteiger partial charge >= 0.3 is 0 Å². The van der Waals surface area contributed by atoms with Crippen LogP contribution in [0.4, 0.5) is 0 Å². The van der Waals surface area contributed by atoms with Crippen molar-refractivity contribution in [3.05, 3.63) is 21.4 Å². The lowest BCUT2D eigenvalue weighted by Crippen LogP contribution is -2.28. The first-order valence-electron chi connectivity index (χ1n) is 8.88. The number of rotatable bonds is 5. The molecule has 0 amide bonds. The maximum Gasteiger partial charge on any atom is 0.0386 e. The molecule has 0 aromatic carbocycles. The van der Waals surface area contributed by atoms with E-state index in [4.69, 9.17) is 0 Å². The Bertz CT molecular complexity index is 468. The van der Waals surface area contributed by atoms with Crippen molar-refractivity contribution in [2.45, 2.75) is 64.0 Å². The van der Waals surface area contributed by atoms with Crippen LogP contribution < -0.4 is 5.32 Å². The first kappa shape index (κ1) is 14.2. The highest BCUT2D eigenvalue weighted by molar-refractivity contribution is 7.12. The summed E-state index contributed by atoms with van der Waals surface area (Å²) in [6, 6.07) is 3.98. The molecular formula is C18H28N2S. The summed E-state index contributed by atoms with van der Waals surface area (Å²) in [5, 5.41) is 3.81. The van der Waals surface area contributed by atoms with Gasteiger partial charge in [-0.3, -0.25) is 0 Å². The summed E-state index contributed by atoms with van der Waals surface area (Å²) >= 11 is 2.07. The average Bonchev–Trinajstić information content (AvgIpc) is 3.09. The van der Waals surface area contributed by atoms with Crippen molar-refractivity contribution in [2.75, 3.05) is 19.6 Å². The molecule has 3 aliphatic rings. The monoisotopic (exact) mass is 304 g/mol.